The van der Waals surface area contributed by atoms with Crippen LogP contribution in [0.25, 0.3) is 0 Å². The zero-order valence-corrected chi connectivity index (χ0v) is 15.5. The van der Waals surface area contributed by atoms with Crippen LogP contribution in [0.3, 0.4) is 0 Å². The summed E-state index contributed by atoms with van der Waals surface area (Å²) in [5.41, 5.74) is 0. The molecule has 1 fully saturated rings. The number of rotatable bonds is 8. The average Bonchev–Trinajstić information content (AvgIpc) is 3.31. The average molecular weight is 366 g/mol. The van der Waals surface area contributed by atoms with Crippen molar-refractivity contribution in [2.45, 2.75) is 37.3 Å². The zero-order chi connectivity index (χ0) is 16.8. The number of carbonyl (C=O) groups excluding carboxylic acids is 1. The van der Waals surface area contributed by atoms with Gasteiger partial charge in [0.15, 0.2) is 0 Å². The number of hydrogen-bond donors (Lipinski definition) is 2. The zero-order valence-electron chi connectivity index (χ0n) is 13.8. The Morgan fingerprint density at radius 3 is 3.25 bits per heavy atom. The number of amides is 1. The van der Waals surface area contributed by atoms with Gasteiger partial charge in [-0.05, 0) is 44.5 Å². The Labute approximate surface area is 150 Å². The lowest BCUT2D eigenvalue weighted by atomic mass is 10.2. The van der Waals surface area contributed by atoms with E-state index >= 15 is 0 Å². The molecule has 3 rings (SSSR count). The normalized spacial score (nSPS) is 18.1. The van der Waals surface area contributed by atoms with Crippen LogP contribution in [-0.4, -0.2) is 51.6 Å². The lowest BCUT2D eigenvalue weighted by Gasteiger charge is -2.22. The molecular weight excluding hydrogens is 342 g/mol. The Kier molecular flexibility index (Phi) is 6.28. The molecule has 6 nitrogen and oxygen atoms in total. The third-order valence-electron chi connectivity index (χ3n) is 4.08. The summed E-state index contributed by atoms with van der Waals surface area (Å²) in [6.07, 6.45) is 5.32. The summed E-state index contributed by atoms with van der Waals surface area (Å²) in [6.45, 7) is 5.16. The van der Waals surface area contributed by atoms with Crippen LogP contribution in [0.2, 0.25) is 0 Å². The molecule has 0 aromatic carbocycles. The molecule has 2 aromatic heterocycles. The van der Waals surface area contributed by atoms with E-state index in [0.717, 1.165) is 22.2 Å². The summed E-state index contributed by atoms with van der Waals surface area (Å²) in [7, 11) is 0. The van der Waals surface area contributed by atoms with Crippen LogP contribution < -0.4 is 5.32 Å². The van der Waals surface area contributed by atoms with Crippen LogP contribution in [0.4, 0.5) is 0 Å². The number of aromatic nitrogens is 3. The minimum atomic E-state index is 0.0204. The van der Waals surface area contributed by atoms with E-state index in [1.165, 1.54) is 30.7 Å². The highest BCUT2D eigenvalue weighted by atomic mass is 32.2. The minimum absolute atomic E-state index is 0.0204. The Balaban J connectivity index is 1.48. The fraction of sp³-hybridized carbons (Fsp3) is 0.562. The highest BCUT2D eigenvalue weighted by Crippen LogP contribution is 2.35. The summed E-state index contributed by atoms with van der Waals surface area (Å²) in [4.78, 5) is 17.0. The molecule has 0 spiro atoms. The van der Waals surface area contributed by atoms with Crippen LogP contribution in [0.5, 0.6) is 0 Å². The molecule has 0 aliphatic carbocycles. The number of likely N-dealkylation sites (tertiary alicyclic amines) is 1. The Hall–Kier alpha value is -1.38. The molecular formula is C16H23N5OS2. The van der Waals surface area contributed by atoms with Gasteiger partial charge in [-0.25, -0.2) is 0 Å². The first kappa shape index (κ1) is 17.4. The van der Waals surface area contributed by atoms with Gasteiger partial charge in [0, 0.05) is 23.2 Å². The molecule has 1 aliphatic heterocycles. The van der Waals surface area contributed by atoms with Gasteiger partial charge in [0.05, 0.1) is 11.1 Å². The van der Waals surface area contributed by atoms with Crippen molar-refractivity contribution in [2.24, 2.45) is 0 Å². The standard InChI is InChI=1S/C16H23N5OS2/c1-2-8-21-9-3-4-12(21)13-5-6-14(24-13)16(22)17-7-10-23-15-11-18-20-19-15/h5-6,11-12H,2-4,7-10H2,1H3,(H,17,22)(H,18,19,20)/t12-/m0/s1. The second kappa shape index (κ2) is 8.64. The van der Waals surface area contributed by atoms with Gasteiger partial charge in [0.1, 0.15) is 5.03 Å². The molecule has 8 heteroatoms. The van der Waals surface area contributed by atoms with Gasteiger partial charge in [-0.2, -0.15) is 10.3 Å². The number of aromatic amines is 1. The predicted octanol–water partition coefficient (Wildman–Crippen LogP) is 2.94. The fourth-order valence-electron chi connectivity index (χ4n) is 3.03. The monoisotopic (exact) mass is 365 g/mol. The van der Waals surface area contributed by atoms with Crippen molar-refractivity contribution in [2.75, 3.05) is 25.4 Å². The van der Waals surface area contributed by atoms with Crippen molar-refractivity contribution in [3.8, 4) is 0 Å². The summed E-state index contributed by atoms with van der Waals surface area (Å²) < 4.78 is 0. The number of nitrogens with zero attached hydrogens (tertiary/aromatic N) is 3. The molecule has 1 saturated heterocycles. The summed E-state index contributed by atoms with van der Waals surface area (Å²) in [5, 5.41) is 14.1. The largest absolute Gasteiger partial charge is 0.350 e. The van der Waals surface area contributed by atoms with Crippen LogP contribution in [-0.2, 0) is 0 Å². The minimum Gasteiger partial charge on any atom is -0.350 e. The quantitative estimate of drug-likeness (QED) is 0.556. The van der Waals surface area contributed by atoms with Crippen molar-refractivity contribution in [3.05, 3.63) is 28.1 Å². The smallest absolute Gasteiger partial charge is 0.261 e. The summed E-state index contributed by atoms with van der Waals surface area (Å²) in [6, 6.07) is 4.59. The number of H-pyrrole nitrogens is 1. The van der Waals surface area contributed by atoms with Gasteiger partial charge in [0.25, 0.3) is 5.91 Å². The third-order valence-corrected chi connectivity index (χ3v) is 6.17. The molecule has 130 valence electrons. The number of hydrogen-bond acceptors (Lipinski definition) is 6. The third kappa shape index (κ3) is 4.37. The molecule has 2 aromatic rings. The Bertz CT molecular complexity index is 643. The van der Waals surface area contributed by atoms with E-state index in [0.29, 0.717) is 12.6 Å². The second-order valence-electron chi connectivity index (χ2n) is 5.81. The van der Waals surface area contributed by atoms with E-state index in [1.807, 2.05) is 6.07 Å². The lowest BCUT2D eigenvalue weighted by Crippen LogP contribution is -2.25. The number of thiophene rings is 1. The highest BCUT2D eigenvalue weighted by Gasteiger charge is 2.26. The van der Waals surface area contributed by atoms with Crippen molar-refractivity contribution in [1.29, 1.82) is 0 Å². The first-order valence-corrected chi connectivity index (χ1v) is 10.2. The first-order valence-electron chi connectivity index (χ1n) is 8.38. The van der Waals surface area contributed by atoms with Crippen LogP contribution >= 0.6 is 23.1 Å². The molecule has 3 heterocycles. The maximum atomic E-state index is 12.3. The maximum Gasteiger partial charge on any atom is 0.261 e. The van der Waals surface area contributed by atoms with E-state index in [9.17, 15) is 4.79 Å². The topological polar surface area (TPSA) is 73.9 Å². The van der Waals surface area contributed by atoms with Gasteiger partial charge < -0.3 is 5.32 Å². The van der Waals surface area contributed by atoms with E-state index in [-0.39, 0.29) is 5.91 Å². The van der Waals surface area contributed by atoms with Gasteiger partial charge in [-0.1, -0.05) is 6.92 Å². The lowest BCUT2D eigenvalue weighted by molar-refractivity contribution is 0.0960. The fourth-order valence-corrected chi connectivity index (χ4v) is 4.76. The first-order chi connectivity index (χ1) is 11.8. The Morgan fingerprint density at radius 1 is 1.54 bits per heavy atom. The number of nitrogens with one attached hydrogen (secondary N) is 2. The van der Waals surface area contributed by atoms with E-state index in [2.05, 4.69) is 38.6 Å². The molecule has 0 radical (unpaired) electrons. The van der Waals surface area contributed by atoms with Gasteiger partial charge in [-0.15, -0.1) is 28.2 Å². The summed E-state index contributed by atoms with van der Waals surface area (Å²) >= 11 is 3.21. The Morgan fingerprint density at radius 2 is 2.46 bits per heavy atom. The molecule has 1 aliphatic rings. The number of thioether (sulfide) groups is 1. The van der Waals surface area contributed by atoms with Gasteiger partial charge >= 0.3 is 0 Å². The van der Waals surface area contributed by atoms with Crippen LogP contribution in [0.15, 0.2) is 23.4 Å². The van der Waals surface area contributed by atoms with Crippen molar-refractivity contribution < 1.29 is 4.79 Å². The van der Waals surface area contributed by atoms with Gasteiger partial charge in [-0.3, -0.25) is 9.69 Å². The van der Waals surface area contributed by atoms with Crippen molar-refractivity contribution in [1.82, 2.24) is 25.6 Å². The molecule has 1 atom stereocenters. The van der Waals surface area contributed by atoms with Gasteiger partial charge in [0.2, 0.25) is 0 Å². The van der Waals surface area contributed by atoms with E-state index in [4.69, 9.17) is 0 Å². The van der Waals surface area contributed by atoms with Crippen molar-refractivity contribution in [3.63, 3.8) is 0 Å². The molecule has 1 amide bonds. The van der Waals surface area contributed by atoms with Crippen molar-refractivity contribution >= 4 is 29.0 Å². The molecule has 24 heavy (non-hydrogen) atoms. The van der Waals surface area contributed by atoms with Crippen LogP contribution in [0, 0.1) is 0 Å². The predicted molar refractivity (Wildman–Crippen MR) is 97.6 cm³/mol. The molecule has 0 unspecified atom stereocenters. The number of carbonyl (C=O) groups is 1. The molecule has 0 bridgehead atoms. The highest BCUT2D eigenvalue weighted by molar-refractivity contribution is 7.99. The SMILES string of the molecule is CCCN1CCC[C@H]1c1ccc(C(=O)NCCSc2cn[nH]n2)s1. The molecule has 0 saturated carbocycles. The summed E-state index contributed by atoms with van der Waals surface area (Å²) in [5.74, 6) is 0.802. The van der Waals surface area contributed by atoms with E-state index in [1.54, 1.807) is 29.3 Å². The molecule has 2 N–H and O–H groups in total. The van der Waals surface area contributed by atoms with E-state index < -0.39 is 0 Å². The van der Waals surface area contributed by atoms with Crippen LogP contribution in [0.1, 0.15) is 46.8 Å². The second-order valence-corrected chi connectivity index (χ2v) is 8.04. The maximum absolute atomic E-state index is 12.3.